The number of aromatic nitrogens is 4. The number of hydrogen-bond acceptors (Lipinski definition) is 8. The second-order valence-electron chi connectivity index (χ2n) is 5.56. The topological polar surface area (TPSA) is 162 Å². The molecule has 10 heteroatoms. The van der Waals surface area contributed by atoms with Gasteiger partial charge in [0, 0.05) is 0 Å². The van der Waals surface area contributed by atoms with Crippen molar-refractivity contribution >= 4 is 11.0 Å². The lowest BCUT2D eigenvalue weighted by Gasteiger charge is -2.24. The van der Waals surface area contributed by atoms with E-state index in [1.54, 1.807) is 24.3 Å². The normalized spacial score (nSPS) is 15.4. The number of aliphatic hydroxyl groups is 4. The number of para-hydroxylation sites is 2. The number of nitrogens with zero attached hydrogens (tertiary/aromatic N) is 3. The first-order valence-electron chi connectivity index (χ1n) is 7.47. The van der Waals surface area contributed by atoms with Crippen LogP contribution in [0.5, 0.6) is 0 Å². The molecule has 3 atom stereocenters. The van der Waals surface area contributed by atoms with Crippen molar-refractivity contribution in [2.75, 3.05) is 6.61 Å². The Bertz CT molecular complexity index is 984. The molecule has 10 nitrogen and oxygen atoms in total. The minimum Gasteiger partial charge on any atom is -0.394 e. The second kappa shape index (κ2) is 6.69. The van der Waals surface area contributed by atoms with Crippen molar-refractivity contribution < 1.29 is 20.4 Å². The van der Waals surface area contributed by atoms with Gasteiger partial charge in [0.15, 0.2) is 11.5 Å². The first kappa shape index (κ1) is 17.2. The zero-order valence-corrected chi connectivity index (χ0v) is 12.9. The number of H-pyrrole nitrogens is 1. The van der Waals surface area contributed by atoms with E-state index in [9.17, 15) is 24.9 Å². The van der Waals surface area contributed by atoms with Gasteiger partial charge in [0.2, 0.25) is 0 Å². The van der Waals surface area contributed by atoms with E-state index in [1.165, 1.54) is 4.57 Å². The summed E-state index contributed by atoms with van der Waals surface area (Å²) in [6.45, 7) is -1.02. The van der Waals surface area contributed by atoms with E-state index in [2.05, 4.69) is 9.97 Å². The molecule has 0 unspecified atom stereocenters. The highest BCUT2D eigenvalue weighted by Crippen LogP contribution is 2.21. The molecule has 2 aliphatic rings. The summed E-state index contributed by atoms with van der Waals surface area (Å²) >= 11 is 0. The van der Waals surface area contributed by atoms with Gasteiger partial charge in [0.05, 0.1) is 24.2 Å². The van der Waals surface area contributed by atoms with Crippen LogP contribution in [0.25, 0.3) is 22.6 Å². The Morgan fingerprint density at radius 2 is 1.80 bits per heavy atom. The third-order valence-electron chi connectivity index (χ3n) is 3.86. The Hall–Kier alpha value is -2.66. The minimum absolute atomic E-state index is 0.0582. The van der Waals surface area contributed by atoms with Crippen LogP contribution in [0.4, 0.5) is 0 Å². The lowest BCUT2D eigenvalue weighted by molar-refractivity contribution is -0.0802. The molecule has 0 aliphatic carbocycles. The maximum atomic E-state index is 12.0. The highest BCUT2D eigenvalue weighted by molar-refractivity contribution is 5.79. The summed E-state index contributed by atoms with van der Waals surface area (Å²) in [5, 5.41) is 38.4. The van der Waals surface area contributed by atoms with Gasteiger partial charge < -0.3 is 25.0 Å². The third kappa shape index (κ3) is 3.15. The summed E-state index contributed by atoms with van der Waals surface area (Å²) in [7, 11) is 0. The van der Waals surface area contributed by atoms with E-state index in [4.69, 9.17) is 5.11 Å². The SMILES string of the molecule is O=c1nc2n(C[C@@H](O)[C@@H](O)[C@H](O)CO)c3ccccc3nc-2c(=O)[nH]1. The maximum Gasteiger partial charge on any atom is 0.349 e. The first-order valence-corrected chi connectivity index (χ1v) is 7.47. The quantitative estimate of drug-likeness (QED) is 0.320. The lowest BCUT2D eigenvalue weighted by atomic mass is 10.1. The molecule has 0 fully saturated rings. The van der Waals surface area contributed by atoms with Crippen molar-refractivity contribution in [3.63, 3.8) is 0 Å². The third-order valence-corrected chi connectivity index (χ3v) is 3.86. The standard InChI is InChI=1S/C15H16N4O6/c20-6-10(22)12(23)9(21)5-19-8-4-2-1-3-7(8)16-11-13(19)17-15(25)18-14(11)24/h1-4,9-10,12,20-23H,5-6H2,(H,18,24,25)/t9-,10-,12-/m1/s1. The predicted octanol–water partition coefficient (Wildman–Crippen LogP) is -2.34. The molecule has 25 heavy (non-hydrogen) atoms. The summed E-state index contributed by atoms with van der Waals surface area (Å²) in [4.78, 5) is 33.5. The van der Waals surface area contributed by atoms with Crippen molar-refractivity contribution in [2.24, 2.45) is 0 Å². The number of nitrogens with one attached hydrogen (secondary N) is 1. The van der Waals surface area contributed by atoms with Gasteiger partial charge in [-0.05, 0) is 12.1 Å². The highest BCUT2D eigenvalue weighted by atomic mass is 16.4. The van der Waals surface area contributed by atoms with Crippen LogP contribution in [-0.4, -0.2) is 64.9 Å². The molecule has 3 rings (SSSR count). The van der Waals surface area contributed by atoms with Crippen LogP contribution in [0.2, 0.25) is 0 Å². The maximum absolute atomic E-state index is 12.0. The number of benzene rings is 1. The van der Waals surface area contributed by atoms with Gasteiger partial charge in [-0.3, -0.25) is 9.78 Å². The van der Waals surface area contributed by atoms with Crippen molar-refractivity contribution in [2.45, 2.75) is 24.9 Å². The number of aliphatic hydroxyl groups excluding tert-OH is 4. The molecule has 1 aromatic carbocycles. The zero-order valence-electron chi connectivity index (χ0n) is 12.9. The Balaban J connectivity index is 2.20. The molecule has 0 aromatic heterocycles. The Labute approximate surface area is 140 Å². The Kier molecular flexibility index (Phi) is 4.59. The lowest BCUT2D eigenvalue weighted by Crippen LogP contribution is -2.42. The largest absolute Gasteiger partial charge is 0.394 e. The molecule has 0 spiro atoms. The van der Waals surface area contributed by atoms with Crippen LogP contribution < -0.4 is 11.2 Å². The summed E-state index contributed by atoms with van der Waals surface area (Å²) in [6, 6.07) is 6.69. The molecule has 0 bridgehead atoms. The van der Waals surface area contributed by atoms with Crippen LogP contribution in [0.1, 0.15) is 0 Å². The van der Waals surface area contributed by atoms with Crippen molar-refractivity contribution in [1.82, 2.24) is 19.5 Å². The van der Waals surface area contributed by atoms with E-state index in [-0.39, 0.29) is 18.1 Å². The van der Waals surface area contributed by atoms with Crippen LogP contribution in [0.15, 0.2) is 33.9 Å². The van der Waals surface area contributed by atoms with Gasteiger partial charge in [0.25, 0.3) is 5.56 Å². The number of fused-ring (bicyclic) bond motifs is 2. The van der Waals surface area contributed by atoms with Crippen LogP contribution in [0, 0.1) is 0 Å². The van der Waals surface area contributed by atoms with Gasteiger partial charge in [-0.1, -0.05) is 12.1 Å². The zero-order chi connectivity index (χ0) is 18.1. The minimum atomic E-state index is -1.63. The van der Waals surface area contributed by atoms with E-state index in [0.29, 0.717) is 11.0 Å². The van der Waals surface area contributed by atoms with Crippen molar-refractivity contribution in [3.05, 3.63) is 45.1 Å². The molecule has 1 aromatic rings. The van der Waals surface area contributed by atoms with Gasteiger partial charge in [-0.2, -0.15) is 4.98 Å². The molecular formula is C15H16N4O6. The molecule has 0 saturated carbocycles. The summed E-state index contributed by atoms with van der Waals surface area (Å²) < 4.78 is 1.37. The van der Waals surface area contributed by atoms with Gasteiger partial charge in [-0.25, -0.2) is 9.78 Å². The molecule has 0 radical (unpaired) electrons. The second-order valence-corrected chi connectivity index (χ2v) is 5.56. The molecule has 0 saturated heterocycles. The average Bonchev–Trinajstić information content (AvgIpc) is 2.60. The molecule has 2 aliphatic heterocycles. The van der Waals surface area contributed by atoms with Crippen molar-refractivity contribution in [3.8, 4) is 11.5 Å². The van der Waals surface area contributed by atoms with E-state index < -0.39 is 36.2 Å². The molecule has 5 N–H and O–H groups in total. The fourth-order valence-electron chi connectivity index (χ4n) is 2.59. The fraction of sp³-hybridized carbons (Fsp3) is 0.333. The molecular weight excluding hydrogens is 332 g/mol. The Morgan fingerprint density at radius 3 is 2.52 bits per heavy atom. The monoisotopic (exact) mass is 348 g/mol. The summed E-state index contributed by atoms with van der Waals surface area (Å²) in [5.41, 5.74) is -0.793. The van der Waals surface area contributed by atoms with E-state index in [0.717, 1.165) is 0 Å². The summed E-state index contributed by atoms with van der Waals surface area (Å²) in [6.07, 6.45) is -4.66. The molecule has 132 valence electrons. The first-order chi connectivity index (χ1) is 11.9. The number of hydrogen-bond donors (Lipinski definition) is 5. The highest BCUT2D eigenvalue weighted by Gasteiger charge is 2.27. The predicted molar refractivity (Wildman–Crippen MR) is 86.1 cm³/mol. The van der Waals surface area contributed by atoms with Crippen LogP contribution >= 0.6 is 0 Å². The van der Waals surface area contributed by atoms with Crippen molar-refractivity contribution in [1.29, 1.82) is 0 Å². The smallest absolute Gasteiger partial charge is 0.349 e. The van der Waals surface area contributed by atoms with Crippen LogP contribution in [-0.2, 0) is 6.54 Å². The number of rotatable bonds is 5. The Morgan fingerprint density at radius 1 is 1.08 bits per heavy atom. The van der Waals surface area contributed by atoms with Gasteiger partial charge in [0.1, 0.15) is 18.3 Å². The van der Waals surface area contributed by atoms with E-state index in [1.807, 2.05) is 4.98 Å². The van der Waals surface area contributed by atoms with Gasteiger partial charge in [-0.15, -0.1) is 0 Å². The number of aromatic amines is 1. The summed E-state index contributed by atoms with van der Waals surface area (Å²) in [5.74, 6) is -0.0582. The molecule has 0 amide bonds. The van der Waals surface area contributed by atoms with E-state index >= 15 is 0 Å². The van der Waals surface area contributed by atoms with Crippen LogP contribution in [0.3, 0.4) is 0 Å². The molecule has 2 heterocycles. The average molecular weight is 348 g/mol. The fourth-order valence-corrected chi connectivity index (χ4v) is 2.59. The van der Waals surface area contributed by atoms with Gasteiger partial charge >= 0.3 is 5.69 Å².